The van der Waals surface area contributed by atoms with E-state index in [9.17, 15) is 15.0 Å². The summed E-state index contributed by atoms with van der Waals surface area (Å²) in [7, 11) is 0. The highest BCUT2D eigenvalue weighted by Gasteiger charge is 2.50. The van der Waals surface area contributed by atoms with E-state index < -0.39 is 23.7 Å². The number of anilines is 2. The SMILES string of the molecule is CCCCCOC(=O)Nc1ccc2ccc(CC[C@@]3(C)C[C@@H](c4scc5c(N)ccnc45)[C@H](O)[C@@H]3O)cc2n1. The van der Waals surface area contributed by atoms with E-state index in [4.69, 9.17) is 10.5 Å². The number of pyridine rings is 2. The molecule has 1 amide bonds. The molecule has 8 nitrogen and oxygen atoms in total. The molecule has 1 aromatic carbocycles. The predicted octanol–water partition coefficient (Wildman–Crippen LogP) is 6.01. The largest absolute Gasteiger partial charge is 0.449 e. The number of nitrogens with zero attached hydrogens (tertiary/aromatic N) is 2. The van der Waals surface area contributed by atoms with Crippen LogP contribution in [-0.2, 0) is 11.2 Å². The number of aryl methyl sites for hydroxylation is 1. The number of amides is 1. The van der Waals surface area contributed by atoms with Gasteiger partial charge >= 0.3 is 6.09 Å². The summed E-state index contributed by atoms with van der Waals surface area (Å²) in [4.78, 5) is 22.2. The molecule has 1 fully saturated rings. The number of aromatic nitrogens is 2. The topological polar surface area (TPSA) is 131 Å². The molecule has 0 radical (unpaired) electrons. The van der Waals surface area contributed by atoms with Gasteiger partial charge in [0, 0.05) is 38.8 Å². The van der Waals surface area contributed by atoms with Crippen LogP contribution in [-0.4, -0.2) is 45.1 Å². The highest BCUT2D eigenvalue weighted by atomic mass is 32.1. The first kappa shape index (κ1) is 27.3. The molecule has 3 heterocycles. The zero-order valence-corrected chi connectivity index (χ0v) is 23.2. The molecule has 5 rings (SSSR count). The van der Waals surface area contributed by atoms with Crippen molar-refractivity contribution in [2.24, 2.45) is 5.41 Å². The molecule has 1 saturated carbocycles. The Morgan fingerprint density at radius 2 is 2.05 bits per heavy atom. The first-order chi connectivity index (χ1) is 18.8. The number of hydrogen-bond donors (Lipinski definition) is 4. The third-order valence-corrected chi connectivity index (χ3v) is 9.09. The van der Waals surface area contributed by atoms with E-state index in [1.807, 2.05) is 30.5 Å². The number of rotatable bonds is 9. The molecule has 206 valence electrons. The summed E-state index contributed by atoms with van der Waals surface area (Å²) in [5.74, 6) is 0.247. The van der Waals surface area contributed by atoms with Crippen molar-refractivity contribution in [3.8, 4) is 0 Å². The molecule has 1 aliphatic carbocycles. The number of carbonyl (C=O) groups is 1. The number of nitrogen functional groups attached to an aromatic ring is 1. The number of nitrogens with two attached hydrogens (primary N) is 1. The minimum absolute atomic E-state index is 0.199. The van der Waals surface area contributed by atoms with Gasteiger partial charge in [0.15, 0.2) is 0 Å². The smallest absolute Gasteiger partial charge is 0.412 e. The molecule has 1 aliphatic rings. The number of carbonyl (C=O) groups excluding carboxylic acids is 1. The van der Waals surface area contributed by atoms with E-state index in [2.05, 4.69) is 28.3 Å². The Morgan fingerprint density at radius 1 is 1.23 bits per heavy atom. The summed E-state index contributed by atoms with van der Waals surface area (Å²) in [6.45, 7) is 4.54. The van der Waals surface area contributed by atoms with Gasteiger partial charge in [0.25, 0.3) is 0 Å². The maximum absolute atomic E-state index is 12.1. The van der Waals surface area contributed by atoms with E-state index in [1.165, 1.54) is 0 Å². The predicted molar refractivity (Wildman–Crippen MR) is 156 cm³/mol. The molecular weight excluding hydrogens is 512 g/mol. The van der Waals surface area contributed by atoms with Gasteiger partial charge in [-0.3, -0.25) is 10.3 Å². The van der Waals surface area contributed by atoms with Crippen molar-refractivity contribution in [1.29, 1.82) is 0 Å². The maximum atomic E-state index is 12.1. The van der Waals surface area contributed by atoms with Gasteiger partial charge in [-0.25, -0.2) is 9.78 Å². The van der Waals surface area contributed by atoms with Crippen LogP contribution in [0.4, 0.5) is 16.3 Å². The van der Waals surface area contributed by atoms with Gasteiger partial charge < -0.3 is 20.7 Å². The summed E-state index contributed by atoms with van der Waals surface area (Å²) in [6, 6.07) is 11.6. The Bertz CT molecular complexity index is 1470. The number of hydrogen-bond acceptors (Lipinski definition) is 8. The Balaban J connectivity index is 1.26. The van der Waals surface area contributed by atoms with Crippen LogP contribution in [0.5, 0.6) is 0 Å². The van der Waals surface area contributed by atoms with Crippen LogP contribution >= 0.6 is 11.3 Å². The van der Waals surface area contributed by atoms with E-state index in [-0.39, 0.29) is 5.92 Å². The number of fused-ring (bicyclic) bond motifs is 2. The van der Waals surface area contributed by atoms with Crippen LogP contribution in [0.25, 0.3) is 21.8 Å². The lowest BCUT2D eigenvalue weighted by Gasteiger charge is -2.28. The van der Waals surface area contributed by atoms with Gasteiger partial charge in [0.05, 0.1) is 29.8 Å². The van der Waals surface area contributed by atoms with E-state index in [0.29, 0.717) is 31.0 Å². The van der Waals surface area contributed by atoms with Crippen LogP contribution in [0.15, 0.2) is 48.0 Å². The molecule has 3 aromatic heterocycles. The van der Waals surface area contributed by atoms with Crippen molar-refractivity contribution >= 4 is 50.7 Å². The van der Waals surface area contributed by atoms with Gasteiger partial charge in [-0.1, -0.05) is 38.8 Å². The third kappa shape index (κ3) is 5.71. The third-order valence-electron chi connectivity index (χ3n) is 7.99. The zero-order chi connectivity index (χ0) is 27.6. The van der Waals surface area contributed by atoms with Gasteiger partial charge in [0.1, 0.15) is 5.82 Å². The van der Waals surface area contributed by atoms with E-state index in [1.54, 1.807) is 29.7 Å². The van der Waals surface area contributed by atoms with Crippen molar-refractivity contribution in [2.75, 3.05) is 17.7 Å². The summed E-state index contributed by atoms with van der Waals surface area (Å²) < 4.78 is 5.23. The van der Waals surface area contributed by atoms with Crippen LogP contribution < -0.4 is 11.1 Å². The maximum Gasteiger partial charge on any atom is 0.412 e. The normalized spacial score (nSPS) is 22.9. The quantitative estimate of drug-likeness (QED) is 0.188. The summed E-state index contributed by atoms with van der Waals surface area (Å²) in [5, 5.41) is 28.7. The van der Waals surface area contributed by atoms with Crippen molar-refractivity contribution in [3.63, 3.8) is 0 Å². The van der Waals surface area contributed by atoms with Crippen LogP contribution in [0.1, 0.15) is 62.3 Å². The zero-order valence-electron chi connectivity index (χ0n) is 22.4. The summed E-state index contributed by atoms with van der Waals surface area (Å²) in [5.41, 5.74) is 9.00. The Hall–Kier alpha value is -3.27. The fourth-order valence-corrected chi connectivity index (χ4v) is 6.76. The van der Waals surface area contributed by atoms with Crippen molar-refractivity contribution in [1.82, 2.24) is 9.97 Å². The lowest BCUT2D eigenvalue weighted by molar-refractivity contribution is -0.0199. The molecule has 5 N–H and O–H groups in total. The average Bonchev–Trinajstić information content (AvgIpc) is 3.46. The molecule has 9 heteroatoms. The van der Waals surface area contributed by atoms with Crippen molar-refractivity contribution < 1.29 is 19.7 Å². The minimum atomic E-state index is -0.867. The first-order valence-corrected chi connectivity index (χ1v) is 14.5. The number of benzene rings is 1. The Labute approximate surface area is 232 Å². The molecular formula is C30H36N4O4S. The molecule has 39 heavy (non-hydrogen) atoms. The van der Waals surface area contributed by atoms with Crippen LogP contribution in [0.3, 0.4) is 0 Å². The monoisotopic (exact) mass is 548 g/mol. The minimum Gasteiger partial charge on any atom is -0.449 e. The molecule has 0 saturated heterocycles. The lowest BCUT2D eigenvalue weighted by Crippen LogP contribution is -2.34. The molecule has 4 atom stereocenters. The van der Waals surface area contributed by atoms with Crippen molar-refractivity contribution in [3.05, 3.63) is 58.4 Å². The number of nitrogens with one attached hydrogen (secondary N) is 1. The standard InChI is InChI=1S/C30H36N4O4S/c1-3-4-5-14-38-29(37)34-24-9-8-19-7-6-18(15-23(19)33-24)10-12-30(2)16-20(26(35)28(30)36)27-25-21(17-39-27)22(31)11-13-32-25/h6-9,11,13,15,17,20,26,28,35-36H,3-5,10,12,14,16,31H2,1-2H3,(H,33,34,37)/t20-,26+,28+,30+/m1/s1. The Kier molecular flexibility index (Phi) is 8.02. The number of thiophene rings is 1. The van der Waals surface area contributed by atoms with Gasteiger partial charge in [0.2, 0.25) is 0 Å². The number of ether oxygens (including phenoxy) is 1. The molecule has 0 spiro atoms. The number of aliphatic hydroxyl groups excluding tert-OH is 2. The van der Waals surface area contributed by atoms with E-state index in [0.717, 1.165) is 57.9 Å². The second kappa shape index (κ2) is 11.5. The Morgan fingerprint density at radius 3 is 2.87 bits per heavy atom. The van der Waals surface area contributed by atoms with Crippen molar-refractivity contribution in [2.45, 2.75) is 70.5 Å². The summed E-state index contributed by atoms with van der Waals surface area (Å²) in [6.07, 6.45) is 4.49. The molecule has 4 aromatic rings. The summed E-state index contributed by atoms with van der Waals surface area (Å²) >= 11 is 1.55. The highest BCUT2D eigenvalue weighted by molar-refractivity contribution is 7.11. The van der Waals surface area contributed by atoms with Crippen LogP contribution in [0, 0.1) is 5.41 Å². The van der Waals surface area contributed by atoms with E-state index >= 15 is 0 Å². The number of unbranched alkanes of at least 4 members (excludes halogenated alkanes) is 2. The fourth-order valence-electron chi connectivity index (χ4n) is 5.60. The molecule has 0 aliphatic heterocycles. The first-order valence-electron chi connectivity index (χ1n) is 13.6. The van der Waals surface area contributed by atoms with Crippen LogP contribution in [0.2, 0.25) is 0 Å². The molecule has 0 bridgehead atoms. The molecule has 0 unspecified atom stereocenters. The fraction of sp³-hybridized carbons (Fsp3) is 0.433. The number of aliphatic hydroxyl groups is 2. The van der Waals surface area contributed by atoms with Gasteiger partial charge in [-0.05, 0) is 60.9 Å². The lowest BCUT2D eigenvalue weighted by atomic mass is 9.80. The second-order valence-corrected chi connectivity index (χ2v) is 11.8. The second-order valence-electron chi connectivity index (χ2n) is 10.9. The van der Waals surface area contributed by atoms with Gasteiger partial charge in [-0.15, -0.1) is 11.3 Å². The van der Waals surface area contributed by atoms with Gasteiger partial charge in [-0.2, -0.15) is 0 Å². The average molecular weight is 549 g/mol. The highest BCUT2D eigenvalue weighted by Crippen LogP contribution is 2.51.